The van der Waals surface area contributed by atoms with Crippen molar-refractivity contribution in [2.24, 2.45) is 5.92 Å². The van der Waals surface area contributed by atoms with Crippen molar-refractivity contribution in [3.63, 3.8) is 0 Å². The van der Waals surface area contributed by atoms with Gasteiger partial charge < -0.3 is 14.8 Å². The van der Waals surface area contributed by atoms with Crippen LogP contribution < -0.4 is 14.8 Å². The van der Waals surface area contributed by atoms with Gasteiger partial charge in [0.15, 0.2) is 0 Å². The lowest BCUT2D eigenvalue weighted by atomic mass is 9.90. The molecule has 0 bridgehead atoms. The van der Waals surface area contributed by atoms with E-state index in [1.807, 2.05) is 6.07 Å². The van der Waals surface area contributed by atoms with Gasteiger partial charge in [-0.1, -0.05) is 27.2 Å². The van der Waals surface area contributed by atoms with Gasteiger partial charge in [0.1, 0.15) is 11.5 Å². The second kappa shape index (κ2) is 8.85. The predicted octanol–water partition coefficient (Wildman–Crippen LogP) is 4.18. The first kappa shape index (κ1) is 16.8. The fourth-order valence-electron chi connectivity index (χ4n) is 2.58. The molecule has 1 aromatic carbocycles. The number of hydrogen-bond acceptors (Lipinski definition) is 3. The summed E-state index contributed by atoms with van der Waals surface area (Å²) in [4.78, 5) is 0. The van der Waals surface area contributed by atoms with Gasteiger partial charge >= 0.3 is 0 Å². The Morgan fingerprint density at radius 3 is 2.05 bits per heavy atom. The fraction of sp³-hybridized carbons (Fsp3) is 0.647. The van der Waals surface area contributed by atoms with Crippen molar-refractivity contribution < 1.29 is 9.47 Å². The topological polar surface area (TPSA) is 30.5 Å². The SMILES string of the molecule is CCCNC(c1cc(OC)cc(OC)c1)C(C)CCC. The molecule has 0 aromatic heterocycles. The molecule has 0 spiro atoms. The second-order valence-electron chi connectivity index (χ2n) is 5.34. The Morgan fingerprint density at radius 2 is 1.60 bits per heavy atom. The van der Waals surface area contributed by atoms with Crippen LogP contribution in [0.3, 0.4) is 0 Å². The third-order valence-corrected chi connectivity index (χ3v) is 3.66. The monoisotopic (exact) mass is 279 g/mol. The fourth-order valence-corrected chi connectivity index (χ4v) is 2.58. The zero-order chi connectivity index (χ0) is 15.0. The molecule has 1 aromatic rings. The van der Waals surface area contributed by atoms with Gasteiger partial charge in [-0.2, -0.15) is 0 Å². The van der Waals surface area contributed by atoms with Crippen molar-refractivity contribution in [1.29, 1.82) is 0 Å². The summed E-state index contributed by atoms with van der Waals surface area (Å²) in [6.45, 7) is 7.77. The third-order valence-electron chi connectivity index (χ3n) is 3.66. The molecule has 2 atom stereocenters. The molecule has 2 unspecified atom stereocenters. The summed E-state index contributed by atoms with van der Waals surface area (Å²) in [5.74, 6) is 2.29. The van der Waals surface area contributed by atoms with Crippen molar-refractivity contribution in [3.05, 3.63) is 23.8 Å². The Morgan fingerprint density at radius 1 is 1.00 bits per heavy atom. The van der Waals surface area contributed by atoms with Crippen LogP contribution in [0.2, 0.25) is 0 Å². The second-order valence-corrected chi connectivity index (χ2v) is 5.34. The Kier molecular flexibility index (Phi) is 7.45. The number of rotatable bonds is 9. The number of hydrogen-bond donors (Lipinski definition) is 1. The molecule has 0 amide bonds. The van der Waals surface area contributed by atoms with Crippen molar-refractivity contribution in [2.75, 3.05) is 20.8 Å². The molecule has 3 nitrogen and oxygen atoms in total. The molecule has 3 heteroatoms. The van der Waals surface area contributed by atoms with Crippen LogP contribution in [0.15, 0.2) is 18.2 Å². The molecule has 0 aliphatic carbocycles. The number of benzene rings is 1. The van der Waals surface area contributed by atoms with Crippen LogP contribution in [0.1, 0.15) is 51.6 Å². The van der Waals surface area contributed by atoms with E-state index in [-0.39, 0.29) is 0 Å². The minimum Gasteiger partial charge on any atom is -0.497 e. The summed E-state index contributed by atoms with van der Waals surface area (Å²) in [5, 5.41) is 3.66. The van der Waals surface area contributed by atoms with Crippen LogP contribution in [0.4, 0.5) is 0 Å². The first-order chi connectivity index (χ1) is 9.65. The Hall–Kier alpha value is -1.22. The van der Waals surface area contributed by atoms with Gasteiger partial charge in [0.2, 0.25) is 0 Å². The average Bonchev–Trinajstić information content (AvgIpc) is 2.47. The molecule has 1 N–H and O–H groups in total. The molecule has 0 saturated heterocycles. The molecule has 0 fully saturated rings. The van der Waals surface area contributed by atoms with E-state index in [4.69, 9.17) is 9.47 Å². The number of ether oxygens (including phenoxy) is 2. The molecule has 0 aliphatic rings. The summed E-state index contributed by atoms with van der Waals surface area (Å²) < 4.78 is 10.8. The largest absolute Gasteiger partial charge is 0.497 e. The van der Waals surface area contributed by atoms with Crippen LogP contribution in [0, 0.1) is 5.92 Å². The Labute approximate surface area is 123 Å². The normalized spacial score (nSPS) is 13.8. The van der Waals surface area contributed by atoms with Gasteiger partial charge in [-0.05, 0) is 43.0 Å². The summed E-state index contributed by atoms with van der Waals surface area (Å²) in [7, 11) is 3.39. The molecule has 0 radical (unpaired) electrons. The molecular weight excluding hydrogens is 250 g/mol. The maximum Gasteiger partial charge on any atom is 0.122 e. The van der Waals surface area contributed by atoms with Crippen molar-refractivity contribution in [2.45, 2.75) is 46.1 Å². The minimum atomic E-state index is 0.346. The Balaban J connectivity index is 3.04. The lowest BCUT2D eigenvalue weighted by Crippen LogP contribution is -2.27. The molecule has 1 rings (SSSR count). The van der Waals surface area contributed by atoms with Gasteiger partial charge in [0.25, 0.3) is 0 Å². The van der Waals surface area contributed by atoms with Gasteiger partial charge in [0.05, 0.1) is 14.2 Å². The highest BCUT2D eigenvalue weighted by Gasteiger charge is 2.19. The standard InChI is InChI=1S/C17H29NO2/c1-6-8-13(3)17(18-9-7-2)14-10-15(19-4)12-16(11-14)20-5/h10-13,17-18H,6-9H2,1-5H3. The molecular formula is C17H29NO2. The number of nitrogens with one attached hydrogen (secondary N) is 1. The van der Waals surface area contributed by atoms with Crippen LogP contribution in [-0.2, 0) is 0 Å². The van der Waals surface area contributed by atoms with Gasteiger partial charge in [-0.15, -0.1) is 0 Å². The Bertz CT molecular complexity index is 370. The van der Waals surface area contributed by atoms with Crippen molar-refractivity contribution >= 4 is 0 Å². The van der Waals surface area contributed by atoms with E-state index in [0.29, 0.717) is 12.0 Å². The summed E-state index contributed by atoms with van der Waals surface area (Å²) >= 11 is 0. The highest BCUT2D eigenvalue weighted by Crippen LogP contribution is 2.31. The van der Waals surface area contributed by atoms with E-state index in [0.717, 1.165) is 24.5 Å². The van der Waals surface area contributed by atoms with E-state index in [2.05, 4.69) is 38.2 Å². The highest BCUT2D eigenvalue weighted by atomic mass is 16.5. The maximum atomic E-state index is 5.38. The van der Waals surface area contributed by atoms with Crippen LogP contribution in [0.5, 0.6) is 11.5 Å². The van der Waals surface area contributed by atoms with Crippen LogP contribution in [-0.4, -0.2) is 20.8 Å². The first-order valence-electron chi connectivity index (χ1n) is 7.62. The van der Waals surface area contributed by atoms with E-state index >= 15 is 0 Å². The minimum absolute atomic E-state index is 0.346. The zero-order valence-corrected chi connectivity index (χ0v) is 13.5. The quantitative estimate of drug-likeness (QED) is 0.735. The lowest BCUT2D eigenvalue weighted by molar-refractivity contribution is 0.355. The van der Waals surface area contributed by atoms with E-state index in [1.165, 1.54) is 18.4 Å². The molecule has 114 valence electrons. The maximum absolute atomic E-state index is 5.38. The zero-order valence-electron chi connectivity index (χ0n) is 13.5. The van der Waals surface area contributed by atoms with E-state index < -0.39 is 0 Å². The van der Waals surface area contributed by atoms with Crippen molar-refractivity contribution in [1.82, 2.24) is 5.32 Å². The predicted molar refractivity (Wildman–Crippen MR) is 84.7 cm³/mol. The summed E-state index contributed by atoms with van der Waals surface area (Å²) in [6, 6.07) is 6.49. The summed E-state index contributed by atoms with van der Waals surface area (Å²) in [5.41, 5.74) is 1.25. The highest BCUT2D eigenvalue weighted by molar-refractivity contribution is 5.40. The first-order valence-corrected chi connectivity index (χ1v) is 7.62. The van der Waals surface area contributed by atoms with Crippen molar-refractivity contribution in [3.8, 4) is 11.5 Å². The lowest BCUT2D eigenvalue weighted by Gasteiger charge is -2.26. The van der Waals surface area contributed by atoms with E-state index in [1.54, 1.807) is 14.2 Å². The number of methoxy groups -OCH3 is 2. The summed E-state index contributed by atoms with van der Waals surface area (Å²) in [6.07, 6.45) is 3.55. The van der Waals surface area contributed by atoms with E-state index in [9.17, 15) is 0 Å². The van der Waals surface area contributed by atoms with Gasteiger partial charge in [-0.3, -0.25) is 0 Å². The van der Waals surface area contributed by atoms with Gasteiger partial charge in [0, 0.05) is 12.1 Å². The average molecular weight is 279 g/mol. The molecule has 0 saturated carbocycles. The van der Waals surface area contributed by atoms with Crippen LogP contribution >= 0.6 is 0 Å². The van der Waals surface area contributed by atoms with Crippen LogP contribution in [0.25, 0.3) is 0 Å². The molecule has 20 heavy (non-hydrogen) atoms. The molecule has 0 aliphatic heterocycles. The third kappa shape index (κ3) is 4.71. The van der Waals surface area contributed by atoms with Gasteiger partial charge in [-0.25, -0.2) is 0 Å². The smallest absolute Gasteiger partial charge is 0.122 e. The molecule has 0 heterocycles.